The van der Waals surface area contributed by atoms with Gasteiger partial charge in [0.1, 0.15) is 48.8 Å². The maximum Gasteiger partial charge on any atom is 0.220 e. The molecule has 2 heterocycles. The lowest BCUT2D eigenvalue weighted by atomic mass is 9.97. The van der Waals surface area contributed by atoms with Crippen molar-refractivity contribution >= 4 is 5.91 Å². The van der Waals surface area contributed by atoms with Crippen LogP contribution in [0, 0.1) is 0 Å². The highest BCUT2D eigenvalue weighted by Crippen LogP contribution is 2.30. The molecule has 14 nitrogen and oxygen atoms in total. The van der Waals surface area contributed by atoms with Gasteiger partial charge in [0.25, 0.3) is 0 Å². The van der Waals surface area contributed by atoms with Crippen molar-refractivity contribution in [1.29, 1.82) is 0 Å². The van der Waals surface area contributed by atoms with Crippen LogP contribution in [0.3, 0.4) is 0 Å². The smallest absolute Gasteiger partial charge is 0.220 e. The van der Waals surface area contributed by atoms with Crippen LogP contribution in [0.2, 0.25) is 0 Å². The van der Waals surface area contributed by atoms with Gasteiger partial charge < -0.3 is 65.1 Å². The normalized spacial score (nSPS) is 25.3. The third kappa shape index (κ3) is 33.5. The van der Waals surface area contributed by atoms with Gasteiger partial charge in [-0.25, -0.2) is 0 Å². The number of hydrogen-bond donors (Lipinski definition) is 9. The second kappa shape index (κ2) is 47.9. The van der Waals surface area contributed by atoms with Gasteiger partial charge in [0.15, 0.2) is 12.6 Å². The molecular formula is C63H109NO13. The molecule has 0 aliphatic carbocycles. The summed E-state index contributed by atoms with van der Waals surface area (Å²) in [7, 11) is 0. The first-order chi connectivity index (χ1) is 37.6. The number of allylic oxidation sites excluding steroid dienone is 13. The molecule has 0 bridgehead atoms. The van der Waals surface area contributed by atoms with E-state index in [9.17, 15) is 45.6 Å². The number of amides is 1. The lowest BCUT2D eigenvalue weighted by Gasteiger charge is -2.46. The van der Waals surface area contributed by atoms with Crippen molar-refractivity contribution in [1.82, 2.24) is 5.32 Å². The van der Waals surface area contributed by atoms with E-state index in [-0.39, 0.29) is 18.9 Å². The first-order valence-corrected chi connectivity index (χ1v) is 30.3. The van der Waals surface area contributed by atoms with E-state index >= 15 is 0 Å². The van der Waals surface area contributed by atoms with E-state index in [1.807, 2.05) is 6.08 Å². The molecule has 12 unspecified atom stereocenters. The molecule has 0 aromatic heterocycles. The summed E-state index contributed by atoms with van der Waals surface area (Å²) in [5.41, 5.74) is 0. The zero-order chi connectivity index (χ0) is 56.0. The van der Waals surface area contributed by atoms with Gasteiger partial charge in [0, 0.05) is 6.42 Å². The Labute approximate surface area is 465 Å². The average Bonchev–Trinajstić information content (AvgIpc) is 3.44. The molecule has 2 aliphatic heterocycles. The van der Waals surface area contributed by atoms with Crippen LogP contribution in [0.25, 0.3) is 0 Å². The van der Waals surface area contributed by atoms with Crippen LogP contribution in [0.15, 0.2) is 85.1 Å². The van der Waals surface area contributed by atoms with Crippen molar-refractivity contribution in [2.24, 2.45) is 0 Å². The number of nitrogens with one attached hydrogen (secondary N) is 1. The fourth-order valence-corrected chi connectivity index (χ4v) is 9.47. The molecule has 12 atom stereocenters. The summed E-state index contributed by atoms with van der Waals surface area (Å²) in [6, 6.07) is -0.929. The monoisotopic (exact) mass is 1090 g/mol. The number of carbonyl (C=O) groups is 1. The number of unbranched alkanes of at least 4 members (excludes halogenated alkanes) is 22. The molecule has 9 N–H and O–H groups in total. The molecule has 14 heteroatoms. The molecule has 2 saturated heterocycles. The van der Waals surface area contributed by atoms with Crippen molar-refractivity contribution in [3.8, 4) is 0 Å². The van der Waals surface area contributed by atoms with E-state index in [4.69, 9.17) is 18.9 Å². The molecule has 77 heavy (non-hydrogen) atoms. The minimum absolute atomic E-state index is 0.257. The van der Waals surface area contributed by atoms with Gasteiger partial charge in [-0.1, -0.05) is 221 Å². The summed E-state index contributed by atoms with van der Waals surface area (Å²) < 4.78 is 22.8. The second-order valence-electron chi connectivity index (χ2n) is 21.1. The quantitative estimate of drug-likeness (QED) is 0.0204. The molecule has 0 saturated carbocycles. The van der Waals surface area contributed by atoms with E-state index in [0.29, 0.717) is 6.42 Å². The molecule has 0 aromatic rings. The maximum absolute atomic E-state index is 13.3. The highest BCUT2D eigenvalue weighted by atomic mass is 16.7. The zero-order valence-electron chi connectivity index (χ0n) is 47.7. The highest BCUT2D eigenvalue weighted by Gasteiger charge is 2.51. The van der Waals surface area contributed by atoms with E-state index in [2.05, 4.69) is 92.1 Å². The van der Waals surface area contributed by atoms with Gasteiger partial charge in [-0.2, -0.15) is 0 Å². The molecule has 0 aromatic carbocycles. The lowest BCUT2D eigenvalue weighted by molar-refractivity contribution is -0.359. The molecule has 444 valence electrons. The SMILES string of the molecule is CC/C=C\C/C=C\C/C=C\C/C=C\C/C=C\C/C=C\CCCCCCCCC(=O)NC(COC1OC(CO)C(OC2OC(CO)C(O)C(O)C2O)C(O)C1O)C(O)/C=C/CCCCCCCCCCCCCCCCCC. The van der Waals surface area contributed by atoms with Crippen molar-refractivity contribution < 1.29 is 64.6 Å². The molecule has 1 amide bonds. The average molecular weight is 1090 g/mol. The van der Waals surface area contributed by atoms with Crippen molar-refractivity contribution in [3.05, 3.63) is 85.1 Å². The van der Waals surface area contributed by atoms with Crippen LogP contribution < -0.4 is 5.32 Å². The number of carbonyl (C=O) groups excluding carboxylic acids is 1. The molecule has 2 aliphatic rings. The third-order valence-corrected chi connectivity index (χ3v) is 14.3. The van der Waals surface area contributed by atoms with Crippen molar-refractivity contribution in [2.75, 3.05) is 19.8 Å². The Hall–Kier alpha value is -2.83. The minimum Gasteiger partial charge on any atom is -0.394 e. The van der Waals surface area contributed by atoms with Gasteiger partial charge in [0.2, 0.25) is 5.91 Å². The third-order valence-electron chi connectivity index (χ3n) is 14.3. The van der Waals surface area contributed by atoms with Crippen LogP contribution in [-0.4, -0.2) is 140 Å². The zero-order valence-corrected chi connectivity index (χ0v) is 47.7. The second-order valence-corrected chi connectivity index (χ2v) is 21.1. The highest BCUT2D eigenvalue weighted by molar-refractivity contribution is 5.76. The van der Waals surface area contributed by atoms with E-state index in [0.717, 1.165) is 96.3 Å². The van der Waals surface area contributed by atoms with E-state index in [1.54, 1.807) is 6.08 Å². The Morgan fingerprint density at radius 1 is 0.481 bits per heavy atom. The first-order valence-electron chi connectivity index (χ1n) is 30.3. The standard InChI is InChI=1S/C63H109NO13/c1-3-5-7-9-11-13-15-17-19-21-23-24-25-26-27-28-29-31-33-35-37-39-41-43-45-47-55(68)64-51(52(67)46-44-42-40-38-36-34-32-30-22-20-18-16-14-12-10-8-6-4-2)50-74-62-60(73)58(71)61(54(49-66)76-62)77-63-59(72)57(70)56(69)53(48-65)75-63/h5,7,11,13,17,19,23-24,26-27,29,31,44,46,51-54,56-63,65-67,69-73H,3-4,6,8-10,12,14-16,18,20-22,25,28,30,32-43,45,47-50H2,1-2H3,(H,64,68)/b7-5-,13-11-,19-17-,24-23-,27-26-,31-29-,46-44+. The van der Waals surface area contributed by atoms with Crippen LogP contribution in [0.4, 0.5) is 0 Å². The van der Waals surface area contributed by atoms with Crippen LogP contribution in [0.1, 0.15) is 213 Å². The topological polar surface area (TPSA) is 228 Å². The summed E-state index contributed by atoms with van der Waals surface area (Å²) in [5, 5.41) is 87.1. The molecule has 2 rings (SSSR count). The van der Waals surface area contributed by atoms with Gasteiger partial charge in [-0.05, 0) is 70.6 Å². The summed E-state index contributed by atoms with van der Waals surface area (Å²) in [6.45, 7) is 2.67. The molecular weight excluding hydrogens is 979 g/mol. The molecule has 0 radical (unpaired) electrons. The van der Waals surface area contributed by atoms with Crippen LogP contribution in [0.5, 0.6) is 0 Å². The fraction of sp³-hybridized carbons (Fsp3) is 0.762. The number of aliphatic hydroxyl groups excluding tert-OH is 8. The Balaban J connectivity index is 1.77. The lowest BCUT2D eigenvalue weighted by Crippen LogP contribution is -2.65. The molecule has 2 fully saturated rings. The predicted molar refractivity (Wildman–Crippen MR) is 309 cm³/mol. The van der Waals surface area contributed by atoms with Crippen LogP contribution >= 0.6 is 0 Å². The van der Waals surface area contributed by atoms with Gasteiger partial charge >= 0.3 is 0 Å². The predicted octanol–water partition coefficient (Wildman–Crippen LogP) is 10.5. The largest absolute Gasteiger partial charge is 0.394 e. The van der Waals surface area contributed by atoms with E-state index < -0.39 is 86.8 Å². The van der Waals surface area contributed by atoms with Gasteiger partial charge in [0.05, 0.1) is 32.0 Å². The minimum atomic E-state index is -1.79. The first kappa shape index (κ1) is 70.3. The van der Waals surface area contributed by atoms with Gasteiger partial charge in [-0.3, -0.25) is 4.79 Å². The Kier molecular flexibility index (Phi) is 43.7. The van der Waals surface area contributed by atoms with Crippen LogP contribution in [-0.2, 0) is 23.7 Å². The fourth-order valence-electron chi connectivity index (χ4n) is 9.47. The maximum atomic E-state index is 13.3. The Morgan fingerprint density at radius 2 is 0.896 bits per heavy atom. The summed E-state index contributed by atoms with van der Waals surface area (Å²) in [5.74, 6) is -0.257. The number of ether oxygens (including phenoxy) is 4. The molecule has 0 spiro atoms. The Bertz CT molecular complexity index is 1610. The summed E-state index contributed by atoms with van der Waals surface area (Å²) >= 11 is 0. The number of hydrogen-bond acceptors (Lipinski definition) is 13. The van der Waals surface area contributed by atoms with Gasteiger partial charge in [-0.15, -0.1) is 0 Å². The number of rotatable bonds is 47. The van der Waals surface area contributed by atoms with Crippen molar-refractivity contribution in [3.63, 3.8) is 0 Å². The summed E-state index contributed by atoms with van der Waals surface area (Å²) in [4.78, 5) is 13.3. The van der Waals surface area contributed by atoms with Crippen molar-refractivity contribution in [2.45, 2.75) is 286 Å². The van der Waals surface area contributed by atoms with E-state index in [1.165, 1.54) is 89.9 Å². The Morgan fingerprint density at radius 3 is 1.38 bits per heavy atom. The number of aliphatic hydroxyl groups is 8. The summed E-state index contributed by atoms with van der Waals surface area (Å²) in [6.07, 6.45) is 47.5.